The molecule has 0 saturated carbocycles. The Kier molecular flexibility index (Phi) is 12.1. The normalized spacial score (nSPS) is 23.4. The average Bonchev–Trinajstić information content (AvgIpc) is 2.55. The van der Waals surface area contributed by atoms with E-state index in [-0.39, 0.29) is 39.1 Å². The molecule has 10 nitrogen and oxygen atoms in total. The molecule has 0 spiro atoms. The van der Waals surface area contributed by atoms with E-state index in [2.05, 4.69) is 15.6 Å². The van der Waals surface area contributed by atoms with Gasteiger partial charge in [-0.3, -0.25) is 9.05 Å². The first-order chi connectivity index (χ1) is 12.9. The van der Waals surface area contributed by atoms with Gasteiger partial charge in [0.1, 0.15) is 6.61 Å². The molecule has 28 heavy (non-hydrogen) atoms. The summed E-state index contributed by atoms with van der Waals surface area (Å²) in [6.45, 7) is 4.88. The van der Waals surface area contributed by atoms with E-state index in [0.29, 0.717) is 11.5 Å². The molecule has 3 atom stereocenters. The molecule has 4 N–H and O–H groups in total. The third-order valence-electron chi connectivity index (χ3n) is 2.73. The van der Waals surface area contributed by atoms with Crippen molar-refractivity contribution in [3.63, 3.8) is 0 Å². The van der Waals surface area contributed by atoms with Crippen molar-refractivity contribution in [3.05, 3.63) is 12.2 Å². The van der Waals surface area contributed by atoms with Crippen LogP contribution in [0, 0.1) is 0 Å². The summed E-state index contributed by atoms with van der Waals surface area (Å²) < 4.78 is 35.3. The van der Waals surface area contributed by atoms with Crippen molar-refractivity contribution in [2.24, 2.45) is 0 Å². The van der Waals surface area contributed by atoms with Crippen LogP contribution in [-0.2, 0) is 27.7 Å². The zero-order chi connectivity index (χ0) is 21.4. The summed E-state index contributed by atoms with van der Waals surface area (Å²) in [7, 11) is -9.07. The van der Waals surface area contributed by atoms with Gasteiger partial charge in [0, 0.05) is 17.1 Å². The molecule has 164 valence electrons. The van der Waals surface area contributed by atoms with Crippen LogP contribution < -0.4 is 0 Å². The van der Waals surface area contributed by atoms with Gasteiger partial charge in [0.2, 0.25) is 0 Å². The SMILES string of the molecule is C=C(C)C(=O)OCC1SC(COP(=O)(O)O)SC(CSCCOP(=O)(O)O)S1. The molecule has 0 aromatic heterocycles. The molecule has 0 aromatic rings. The number of ether oxygens (including phenoxy) is 1. The zero-order valence-electron chi connectivity index (χ0n) is 14.7. The van der Waals surface area contributed by atoms with Gasteiger partial charge in [-0.15, -0.1) is 35.3 Å². The quantitative estimate of drug-likeness (QED) is 0.129. The first kappa shape index (κ1) is 26.9. The second kappa shape index (κ2) is 12.6. The Balaban J connectivity index is 2.53. The Hall–Kier alpha value is 0.830. The second-order valence-electron chi connectivity index (χ2n) is 5.26. The van der Waals surface area contributed by atoms with Crippen LogP contribution in [0.2, 0.25) is 0 Å². The zero-order valence-corrected chi connectivity index (χ0v) is 19.8. The lowest BCUT2D eigenvalue weighted by atomic mass is 10.4. The van der Waals surface area contributed by atoms with Crippen molar-refractivity contribution < 1.29 is 47.3 Å². The molecule has 0 aliphatic carbocycles. The molecule has 1 aliphatic heterocycles. The van der Waals surface area contributed by atoms with Crippen LogP contribution in [0.25, 0.3) is 0 Å². The standard InChI is InChI=1S/C12H22O10P2S4/c1-8(2)12(13)20-5-9-26-10(6-22-24(17,18)19)28-11(27-9)7-25-4-3-21-23(14,15)16/h9-11H,1,3-7H2,2H3,(H2,14,15,16)(H2,17,18,19). The summed E-state index contributed by atoms with van der Waals surface area (Å²) in [5.41, 5.74) is 0.277. The fourth-order valence-corrected chi connectivity index (χ4v) is 9.84. The number of hydrogen-bond acceptors (Lipinski definition) is 10. The highest BCUT2D eigenvalue weighted by Gasteiger charge is 2.33. The van der Waals surface area contributed by atoms with Crippen molar-refractivity contribution >= 4 is 68.7 Å². The van der Waals surface area contributed by atoms with Crippen LogP contribution in [0.5, 0.6) is 0 Å². The molecule has 0 amide bonds. The molecule has 0 radical (unpaired) electrons. The molecule has 16 heteroatoms. The monoisotopic (exact) mass is 516 g/mol. The number of rotatable bonds is 12. The number of phosphoric acid groups is 2. The molecule has 1 aliphatic rings. The molecular weight excluding hydrogens is 494 g/mol. The minimum Gasteiger partial charge on any atom is -0.460 e. The Morgan fingerprint density at radius 3 is 2.07 bits per heavy atom. The summed E-state index contributed by atoms with van der Waals surface area (Å²) >= 11 is 5.82. The van der Waals surface area contributed by atoms with Crippen LogP contribution in [0.15, 0.2) is 12.2 Å². The van der Waals surface area contributed by atoms with E-state index in [9.17, 15) is 13.9 Å². The van der Waals surface area contributed by atoms with Gasteiger partial charge in [0.15, 0.2) is 0 Å². The fourth-order valence-electron chi connectivity index (χ4n) is 1.66. The van der Waals surface area contributed by atoms with Gasteiger partial charge in [-0.25, -0.2) is 13.9 Å². The fraction of sp³-hybridized carbons (Fsp3) is 0.750. The van der Waals surface area contributed by atoms with Crippen LogP contribution in [0.3, 0.4) is 0 Å². The van der Waals surface area contributed by atoms with Gasteiger partial charge in [-0.1, -0.05) is 6.58 Å². The van der Waals surface area contributed by atoms with Crippen molar-refractivity contribution in [1.29, 1.82) is 0 Å². The number of carbonyl (C=O) groups is 1. The number of phosphoric ester groups is 2. The maximum atomic E-state index is 11.6. The van der Waals surface area contributed by atoms with E-state index in [1.165, 1.54) is 42.2 Å². The Bertz CT molecular complexity index is 624. The maximum Gasteiger partial charge on any atom is 0.469 e. The van der Waals surface area contributed by atoms with Crippen molar-refractivity contribution in [3.8, 4) is 0 Å². The van der Waals surface area contributed by atoms with Crippen molar-refractivity contribution in [2.45, 2.75) is 20.7 Å². The van der Waals surface area contributed by atoms with Crippen LogP contribution in [-0.4, -0.2) is 70.6 Å². The summed E-state index contributed by atoms with van der Waals surface area (Å²) in [6, 6.07) is 0. The first-order valence-electron chi connectivity index (χ1n) is 7.62. The molecule has 1 rings (SSSR count). The second-order valence-corrected chi connectivity index (χ2v) is 14.0. The van der Waals surface area contributed by atoms with Gasteiger partial charge in [-0.05, 0) is 6.92 Å². The minimum absolute atomic E-state index is 0.000193. The van der Waals surface area contributed by atoms with Gasteiger partial charge in [0.05, 0.1) is 27.0 Å². The Morgan fingerprint density at radius 1 is 1.00 bits per heavy atom. The van der Waals surface area contributed by atoms with E-state index in [0.717, 1.165) is 0 Å². The van der Waals surface area contributed by atoms with Crippen molar-refractivity contribution in [1.82, 2.24) is 0 Å². The van der Waals surface area contributed by atoms with Crippen LogP contribution in [0.4, 0.5) is 0 Å². The largest absolute Gasteiger partial charge is 0.469 e. The molecular formula is C12H22O10P2S4. The molecule has 1 fully saturated rings. The average molecular weight is 517 g/mol. The molecule has 1 heterocycles. The third-order valence-corrected chi connectivity index (χ3v) is 9.88. The van der Waals surface area contributed by atoms with Crippen molar-refractivity contribution in [2.75, 3.05) is 31.3 Å². The lowest BCUT2D eigenvalue weighted by Crippen LogP contribution is -2.27. The predicted octanol–water partition coefficient (Wildman–Crippen LogP) is 2.25. The third kappa shape index (κ3) is 13.2. The molecule has 3 unspecified atom stereocenters. The van der Waals surface area contributed by atoms with Gasteiger partial charge in [-0.2, -0.15) is 11.8 Å². The highest BCUT2D eigenvalue weighted by atomic mass is 32.3. The highest BCUT2D eigenvalue weighted by molar-refractivity contribution is 8.34. The van der Waals surface area contributed by atoms with Gasteiger partial charge < -0.3 is 24.3 Å². The number of carbonyl (C=O) groups excluding carboxylic acids is 1. The first-order valence-corrected chi connectivity index (χ1v) is 14.7. The van der Waals surface area contributed by atoms with E-state index < -0.39 is 21.6 Å². The summed E-state index contributed by atoms with van der Waals surface area (Å²) in [4.78, 5) is 46.6. The van der Waals surface area contributed by atoms with E-state index in [4.69, 9.17) is 24.3 Å². The number of hydrogen-bond donors (Lipinski definition) is 4. The van der Waals surface area contributed by atoms with E-state index in [1.807, 2.05) is 0 Å². The summed E-state index contributed by atoms with van der Waals surface area (Å²) in [5, 5.41) is 0. The Morgan fingerprint density at radius 2 is 1.54 bits per heavy atom. The van der Waals surface area contributed by atoms with Crippen LogP contribution >= 0.6 is 62.7 Å². The maximum absolute atomic E-state index is 11.6. The molecule has 1 saturated heterocycles. The molecule has 0 aromatic carbocycles. The Labute approximate surface area is 179 Å². The number of esters is 1. The molecule has 0 bridgehead atoms. The lowest BCUT2D eigenvalue weighted by Gasteiger charge is -2.33. The minimum atomic E-state index is -4.59. The van der Waals surface area contributed by atoms with Crippen LogP contribution in [0.1, 0.15) is 6.92 Å². The van der Waals surface area contributed by atoms with Gasteiger partial charge in [0.25, 0.3) is 0 Å². The topological polar surface area (TPSA) is 160 Å². The smallest absolute Gasteiger partial charge is 0.460 e. The lowest BCUT2D eigenvalue weighted by molar-refractivity contribution is -0.138. The number of thioether (sulfide) groups is 4. The van der Waals surface area contributed by atoms with E-state index >= 15 is 0 Å². The highest BCUT2D eigenvalue weighted by Crippen LogP contribution is 2.49. The predicted molar refractivity (Wildman–Crippen MR) is 113 cm³/mol. The van der Waals surface area contributed by atoms with Gasteiger partial charge >= 0.3 is 21.6 Å². The summed E-state index contributed by atoms with van der Waals surface area (Å²) in [5.74, 6) is 0.454. The summed E-state index contributed by atoms with van der Waals surface area (Å²) in [6.07, 6.45) is 0. The van der Waals surface area contributed by atoms with E-state index in [1.54, 1.807) is 11.8 Å².